The molecular weight excluding hydrogens is 483 g/mol. The molecule has 0 aliphatic heterocycles. The van der Waals surface area contributed by atoms with Gasteiger partial charge in [0.2, 0.25) is 0 Å². The Kier molecular flexibility index (Phi) is 5.81. The first kappa shape index (κ1) is 23.6. The summed E-state index contributed by atoms with van der Waals surface area (Å²) in [5, 5.41) is 1.09. The number of hydrogen-bond acceptors (Lipinski definition) is 2. The Morgan fingerprint density at radius 3 is 2.56 bits per heavy atom. The van der Waals surface area contributed by atoms with Crippen LogP contribution in [-0.2, 0) is 6.18 Å². The smallest absolute Gasteiger partial charge is 0.361 e. The minimum absolute atomic E-state index is 0.686. The zero-order valence-electron chi connectivity index (χ0n) is 19.4. The molecule has 0 amide bonds. The number of halogens is 3. The Hall–Kier alpha value is -4.09. The van der Waals surface area contributed by atoms with Crippen LogP contribution in [0.25, 0.3) is 26.2 Å². The molecule has 8 heteroatoms. The molecule has 0 aliphatic rings. The summed E-state index contributed by atoms with van der Waals surface area (Å²) in [6, 6.07) is 17.8. The molecular formula is C28H20F3N3OS. The summed E-state index contributed by atoms with van der Waals surface area (Å²) in [4.78, 5) is 21.2. The molecule has 0 saturated heterocycles. The number of aromatic nitrogens is 2. The normalized spacial score (nSPS) is 12.6. The summed E-state index contributed by atoms with van der Waals surface area (Å²) in [5.74, 6) is 0. The van der Waals surface area contributed by atoms with Crippen LogP contribution in [0, 0.1) is 20.4 Å². The number of aryl methyl sites for hydroxylation is 2. The monoisotopic (exact) mass is 503 g/mol. The number of nitrogens with one attached hydrogen (secondary N) is 1. The van der Waals surface area contributed by atoms with Crippen molar-refractivity contribution in [3.05, 3.63) is 122 Å². The molecule has 0 fully saturated rings. The SMILES string of the molecule is [C-]#[N+]c1c(C(F)(F)F)ccn(C(c2ccc(-c3ccc4cc[nH]c4c3)s2)c2ccc(C)cc2C)c1=O. The number of hydrogen-bond donors (Lipinski definition) is 1. The van der Waals surface area contributed by atoms with Gasteiger partial charge in [-0.15, -0.1) is 11.3 Å². The van der Waals surface area contributed by atoms with E-state index >= 15 is 0 Å². The molecule has 5 rings (SSSR count). The molecule has 4 nitrogen and oxygen atoms in total. The Morgan fingerprint density at radius 1 is 1.03 bits per heavy atom. The van der Waals surface area contributed by atoms with Crippen LogP contribution in [0.2, 0.25) is 0 Å². The predicted octanol–water partition coefficient (Wildman–Crippen LogP) is 7.88. The van der Waals surface area contributed by atoms with E-state index < -0.39 is 29.0 Å². The number of aromatic amines is 1. The van der Waals surface area contributed by atoms with E-state index in [9.17, 15) is 18.0 Å². The highest BCUT2D eigenvalue weighted by Gasteiger charge is 2.36. The van der Waals surface area contributed by atoms with Gasteiger partial charge in [0.1, 0.15) is 0 Å². The van der Waals surface area contributed by atoms with E-state index in [2.05, 4.69) is 9.83 Å². The zero-order chi connectivity index (χ0) is 25.6. The van der Waals surface area contributed by atoms with Crippen molar-refractivity contribution in [2.45, 2.75) is 26.1 Å². The van der Waals surface area contributed by atoms with E-state index in [1.54, 1.807) is 0 Å². The molecule has 180 valence electrons. The molecule has 0 radical (unpaired) electrons. The van der Waals surface area contributed by atoms with Crippen molar-refractivity contribution in [2.75, 3.05) is 0 Å². The number of alkyl halides is 3. The minimum atomic E-state index is -4.79. The standard InChI is InChI=1S/C28H20F3N3OS/c1-16-4-7-20(17(2)14-16)26(34-13-11-21(28(29,30)31)25(32-3)27(34)35)24-9-8-23(36-24)19-6-5-18-10-12-33-22(18)15-19/h4-15,26,33H,1-2H3. The molecule has 2 aromatic carbocycles. The summed E-state index contributed by atoms with van der Waals surface area (Å²) in [7, 11) is 0. The minimum Gasteiger partial charge on any atom is -0.361 e. The van der Waals surface area contributed by atoms with Crippen molar-refractivity contribution in [2.24, 2.45) is 0 Å². The van der Waals surface area contributed by atoms with E-state index in [1.807, 2.05) is 74.6 Å². The van der Waals surface area contributed by atoms with Crippen LogP contribution in [0.4, 0.5) is 18.9 Å². The Balaban J connectivity index is 1.70. The van der Waals surface area contributed by atoms with Crippen LogP contribution in [0.3, 0.4) is 0 Å². The summed E-state index contributed by atoms with van der Waals surface area (Å²) in [6.45, 7) is 11.2. The van der Waals surface area contributed by atoms with E-state index in [1.165, 1.54) is 15.9 Å². The van der Waals surface area contributed by atoms with E-state index in [0.29, 0.717) is 0 Å². The fourth-order valence-corrected chi connectivity index (χ4v) is 5.63. The number of H-pyrrole nitrogens is 1. The molecule has 0 bridgehead atoms. The van der Waals surface area contributed by atoms with Gasteiger partial charge in [0.25, 0.3) is 11.2 Å². The average Bonchev–Trinajstić information content (AvgIpc) is 3.50. The highest BCUT2D eigenvalue weighted by Crippen LogP contribution is 2.39. The number of benzene rings is 2. The highest BCUT2D eigenvalue weighted by atomic mass is 32.1. The average molecular weight is 504 g/mol. The molecule has 1 N–H and O–H groups in total. The lowest BCUT2D eigenvalue weighted by Crippen LogP contribution is -2.27. The molecule has 5 aromatic rings. The Labute approximate surface area is 209 Å². The third-order valence-corrected chi connectivity index (χ3v) is 7.43. The van der Waals surface area contributed by atoms with Gasteiger partial charge < -0.3 is 9.55 Å². The van der Waals surface area contributed by atoms with Gasteiger partial charge >= 0.3 is 6.18 Å². The lowest BCUT2D eigenvalue weighted by atomic mass is 9.97. The Morgan fingerprint density at radius 2 is 1.83 bits per heavy atom. The van der Waals surface area contributed by atoms with Crippen LogP contribution in [0.5, 0.6) is 0 Å². The maximum absolute atomic E-state index is 13.5. The molecule has 1 unspecified atom stereocenters. The molecule has 0 aliphatic carbocycles. The van der Waals surface area contributed by atoms with E-state index in [-0.39, 0.29) is 0 Å². The molecule has 0 saturated carbocycles. The molecule has 1 atom stereocenters. The number of nitrogens with zero attached hydrogens (tertiary/aromatic N) is 2. The van der Waals surface area contributed by atoms with Gasteiger partial charge in [0.15, 0.2) is 0 Å². The second-order valence-corrected chi connectivity index (χ2v) is 9.76. The predicted molar refractivity (Wildman–Crippen MR) is 137 cm³/mol. The van der Waals surface area contributed by atoms with E-state index in [0.717, 1.165) is 55.2 Å². The Bertz CT molecular complexity index is 1700. The quantitative estimate of drug-likeness (QED) is 0.249. The lowest BCUT2D eigenvalue weighted by Gasteiger charge is -2.23. The maximum atomic E-state index is 13.5. The van der Waals surface area contributed by atoms with Crippen LogP contribution >= 0.6 is 11.3 Å². The number of fused-ring (bicyclic) bond motifs is 1. The lowest BCUT2D eigenvalue weighted by molar-refractivity contribution is -0.137. The van der Waals surface area contributed by atoms with Crippen molar-refractivity contribution >= 4 is 27.9 Å². The highest BCUT2D eigenvalue weighted by molar-refractivity contribution is 7.15. The summed E-state index contributed by atoms with van der Waals surface area (Å²) >= 11 is 1.47. The van der Waals surface area contributed by atoms with Gasteiger partial charge in [-0.05, 0) is 66.3 Å². The van der Waals surface area contributed by atoms with Gasteiger partial charge in [-0.25, -0.2) is 4.85 Å². The second kappa shape index (κ2) is 8.85. The van der Waals surface area contributed by atoms with Crippen molar-refractivity contribution in [1.82, 2.24) is 9.55 Å². The van der Waals surface area contributed by atoms with Crippen molar-refractivity contribution in [3.63, 3.8) is 0 Å². The summed E-state index contributed by atoms with van der Waals surface area (Å²) in [6.07, 6.45) is -1.77. The van der Waals surface area contributed by atoms with Gasteiger partial charge in [-0.1, -0.05) is 35.9 Å². The maximum Gasteiger partial charge on any atom is 0.407 e. The first-order chi connectivity index (χ1) is 17.2. The number of rotatable bonds is 4. The van der Waals surface area contributed by atoms with Crippen LogP contribution in [-0.4, -0.2) is 9.55 Å². The van der Waals surface area contributed by atoms with Crippen LogP contribution in [0.15, 0.2) is 77.9 Å². The van der Waals surface area contributed by atoms with Gasteiger partial charge in [0.05, 0.1) is 18.2 Å². The van der Waals surface area contributed by atoms with Gasteiger partial charge in [-0.3, -0.25) is 4.79 Å². The van der Waals surface area contributed by atoms with Crippen LogP contribution < -0.4 is 5.56 Å². The molecule has 3 heterocycles. The number of pyridine rings is 1. The third-order valence-electron chi connectivity index (χ3n) is 6.25. The van der Waals surface area contributed by atoms with Crippen molar-refractivity contribution in [3.8, 4) is 10.4 Å². The second-order valence-electron chi connectivity index (χ2n) is 8.64. The topological polar surface area (TPSA) is 42.1 Å². The molecule has 0 spiro atoms. The fourth-order valence-electron chi connectivity index (χ4n) is 4.51. The summed E-state index contributed by atoms with van der Waals surface area (Å²) < 4.78 is 41.7. The first-order valence-corrected chi connectivity index (χ1v) is 11.9. The fraction of sp³-hybridized carbons (Fsp3) is 0.143. The van der Waals surface area contributed by atoms with Crippen LogP contribution in [0.1, 0.15) is 33.2 Å². The summed E-state index contributed by atoms with van der Waals surface area (Å²) in [5.41, 5.74) is 1.59. The number of thiophene rings is 1. The van der Waals surface area contributed by atoms with Crippen molar-refractivity contribution in [1.29, 1.82) is 0 Å². The van der Waals surface area contributed by atoms with E-state index in [4.69, 9.17) is 6.57 Å². The van der Waals surface area contributed by atoms with Gasteiger partial charge in [-0.2, -0.15) is 13.2 Å². The van der Waals surface area contributed by atoms with Gasteiger partial charge in [0, 0.05) is 27.7 Å². The molecule has 36 heavy (non-hydrogen) atoms. The zero-order valence-corrected chi connectivity index (χ0v) is 20.2. The van der Waals surface area contributed by atoms with Crippen molar-refractivity contribution < 1.29 is 13.2 Å². The largest absolute Gasteiger partial charge is 0.407 e. The molecule has 3 aromatic heterocycles. The first-order valence-electron chi connectivity index (χ1n) is 11.1. The third kappa shape index (κ3) is 4.12.